The van der Waals surface area contributed by atoms with E-state index < -0.39 is 0 Å². The molecule has 2 aromatic carbocycles. The Morgan fingerprint density at radius 2 is 1.59 bits per heavy atom. The van der Waals surface area contributed by atoms with Crippen LogP contribution in [0.3, 0.4) is 0 Å². The molecule has 1 heteroatoms. The first-order valence-electron chi connectivity index (χ1n) is 5.96. The van der Waals surface area contributed by atoms with E-state index in [9.17, 15) is 0 Å². The monoisotopic (exact) mass is 236 g/mol. The van der Waals surface area contributed by atoms with E-state index in [1.54, 1.807) is 0 Å². The standard InChI is InChI=1S/C16H12S/c1-2-6-12-11(5-1)9-10-14-13-7-3-4-8-15(13)17-16(12)14/h1-10,14,16H/t14-,16+/m0/s1. The van der Waals surface area contributed by atoms with Crippen LogP contribution in [0.15, 0.2) is 59.5 Å². The topological polar surface area (TPSA) is 0 Å². The Morgan fingerprint density at radius 1 is 0.824 bits per heavy atom. The average Bonchev–Trinajstić information content (AvgIpc) is 2.78. The third kappa shape index (κ3) is 1.32. The molecule has 17 heavy (non-hydrogen) atoms. The van der Waals surface area contributed by atoms with Gasteiger partial charge in [-0.05, 0) is 22.8 Å². The molecule has 0 saturated heterocycles. The highest BCUT2D eigenvalue weighted by Crippen LogP contribution is 2.57. The van der Waals surface area contributed by atoms with Crippen molar-refractivity contribution in [2.45, 2.75) is 16.1 Å². The summed E-state index contributed by atoms with van der Waals surface area (Å²) in [4.78, 5) is 1.45. The van der Waals surface area contributed by atoms with E-state index in [1.807, 2.05) is 11.8 Å². The molecule has 0 aromatic heterocycles. The van der Waals surface area contributed by atoms with Crippen molar-refractivity contribution in [3.05, 3.63) is 71.3 Å². The normalized spacial score (nSPS) is 24.0. The number of fused-ring (bicyclic) bond motifs is 5. The molecule has 0 saturated carbocycles. The summed E-state index contributed by atoms with van der Waals surface area (Å²) in [6.45, 7) is 0. The summed E-state index contributed by atoms with van der Waals surface area (Å²) in [5.74, 6) is 0.561. The van der Waals surface area contributed by atoms with Crippen molar-refractivity contribution < 1.29 is 0 Å². The maximum Gasteiger partial charge on any atom is 0.0454 e. The summed E-state index contributed by atoms with van der Waals surface area (Å²) in [7, 11) is 0. The van der Waals surface area contributed by atoms with Crippen LogP contribution in [0.4, 0.5) is 0 Å². The zero-order valence-corrected chi connectivity index (χ0v) is 10.2. The Bertz CT molecular complexity index is 612. The molecule has 0 N–H and O–H groups in total. The Hall–Kier alpha value is -1.47. The summed E-state index contributed by atoms with van der Waals surface area (Å²) >= 11 is 2.01. The van der Waals surface area contributed by atoms with Gasteiger partial charge in [0.25, 0.3) is 0 Å². The lowest BCUT2D eigenvalue weighted by Crippen LogP contribution is -2.06. The van der Waals surface area contributed by atoms with Crippen LogP contribution in [0.1, 0.15) is 27.9 Å². The minimum absolute atomic E-state index is 0.561. The predicted molar refractivity (Wildman–Crippen MR) is 73.3 cm³/mol. The van der Waals surface area contributed by atoms with Gasteiger partial charge in [0.15, 0.2) is 0 Å². The molecule has 0 spiro atoms. The molecule has 1 aliphatic carbocycles. The predicted octanol–water partition coefficient (Wildman–Crippen LogP) is 4.64. The fraction of sp³-hybridized carbons (Fsp3) is 0.125. The third-order valence-electron chi connectivity index (χ3n) is 3.64. The molecule has 1 aliphatic heterocycles. The zero-order valence-electron chi connectivity index (χ0n) is 9.34. The number of allylic oxidation sites excluding steroid dienone is 1. The van der Waals surface area contributed by atoms with Gasteiger partial charge < -0.3 is 0 Å². The molecule has 82 valence electrons. The summed E-state index contributed by atoms with van der Waals surface area (Å²) in [6, 6.07) is 17.6. The zero-order chi connectivity index (χ0) is 11.2. The van der Waals surface area contributed by atoms with Crippen molar-refractivity contribution in [2.75, 3.05) is 0 Å². The highest BCUT2D eigenvalue weighted by atomic mass is 32.2. The Balaban J connectivity index is 1.90. The molecular formula is C16H12S. The van der Waals surface area contributed by atoms with Gasteiger partial charge in [0.05, 0.1) is 0 Å². The van der Waals surface area contributed by atoms with Crippen LogP contribution in [0.5, 0.6) is 0 Å². The van der Waals surface area contributed by atoms with Gasteiger partial charge in [0.1, 0.15) is 0 Å². The minimum Gasteiger partial charge on any atom is -0.117 e. The van der Waals surface area contributed by atoms with E-state index in [2.05, 4.69) is 60.7 Å². The van der Waals surface area contributed by atoms with E-state index in [4.69, 9.17) is 0 Å². The van der Waals surface area contributed by atoms with Gasteiger partial charge in [0, 0.05) is 16.1 Å². The summed E-state index contributed by atoms with van der Waals surface area (Å²) in [5.41, 5.74) is 4.36. The summed E-state index contributed by atoms with van der Waals surface area (Å²) in [6.07, 6.45) is 4.64. The Morgan fingerprint density at radius 3 is 2.53 bits per heavy atom. The lowest BCUT2D eigenvalue weighted by atomic mass is 9.85. The smallest absolute Gasteiger partial charge is 0.0454 e. The number of hydrogen-bond acceptors (Lipinski definition) is 1. The van der Waals surface area contributed by atoms with E-state index in [1.165, 1.54) is 21.6 Å². The molecule has 2 aromatic rings. The molecule has 0 bridgehead atoms. The van der Waals surface area contributed by atoms with Gasteiger partial charge in [-0.3, -0.25) is 0 Å². The highest BCUT2D eigenvalue weighted by molar-refractivity contribution is 8.00. The Labute approximate surface area is 105 Å². The molecule has 0 nitrogen and oxygen atoms in total. The van der Waals surface area contributed by atoms with E-state index >= 15 is 0 Å². The molecule has 0 amide bonds. The van der Waals surface area contributed by atoms with Gasteiger partial charge in [-0.15, -0.1) is 11.8 Å². The fourth-order valence-corrected chi connectivity index (χ4v) is 4.32. The van der Waals surface area contributed by atoms with Gasteiger partial charge >= 0.3 is 0 Å². The third-order valence-corrected chi connectivity index (χ3v) is 5.07. The van der Waals surface area contributed by atoms with Crippen molar-refractivity contribution in [1.82, 2.24) is 0 Å². The lowest BCUT2D eigenvalue weighted by molar-refractivity contribution is 0.818. The number of hydrogen-bond donors (Lipinski definition) is 0. The van der Waals surface area contributed by atoms with Crippen LogP contribution in [-0.4, -0.2) is 0 Å². The number of thioether (sulfide) groups is 1. The van der Waals surface area contributed by atoms with Crippen LogP contribution < -0.4 is 0 Å². The second-order valence-electron chi connectivity index (χ2n) is 4.59. The first-order valence-corrected chi connectivity index (χ1v) is 6.84. The molecule has 0 unspecified atom stereocenters. The van der Waals surface area contributed by atoms with Crippen molar-refractivity contribution in [2.24, 2.45) is 0 Å². The van der Waals surface area contributed by atoms with Crippen LogP contribution >= 0.6 is 11.8 Å². The molecule has 1 heterocycles. The number of rotatable bonds is 0. The largest absolute Gasteiger partial charge is 0.117 e. The fourth-order valence-electron chi connectivity index (χ4n) is 2.83. The highest BCUT2D eigenvalue weighted by Gasteiger charge is 2.35. The van der Waals surface area contributed by atoms with Gasteiger partial charge in [-0.25, -0.2) is 0 Å². The maximum atomic E-state index is 2.37. The number of benzene rings is 2. The maximum absolute atomic E-state index is 2.37. The quantitative estimate of drug-likeness (QED) is 0.642. The Kier molecular flexibility index (Phi) is 1.97. The van der Waals surface area contributed by atoms with Crippen molar-refractivity contribution in [1.29, 1.82) is 0 Å². The van der Waals surface area contributed by atoms with Crippen LogP contribution in [0, 0.1) is 0 Å². The molecule has 2 aliphatic rings. The molecule has 2 atom stereocenters. The molecule has 0 radical (unpaired) electrons. The van der Waals surface area contributed by atoms with Gasteiger partial charge in [0.2, 0.25) is 0 Å². The second kappa shape index (κ2) is 3.51. The van der Waals surface area contributed by atoms with Crippen LogP contribution in [0.25, 0.3) is 6.08 Å². The first kappa shape index (κ1) is 9.55. The molecular weight excluding hydrogens is 224 g/mol. The molecule has 0 fully saturated rings. The van der Waals surface area contributed by atoms with Gasteiger partial charge in [-0.1, -0.05) is 54.6 Å². The SMILES string of the molecule is C1=C[C@H]2c3ccccc3S[C@@H]2c2ccccc21. The van der Waals surface area contributed by atoms with E-state index in [0.717, 1.165) is 0 Å². The van der Waals surface area contributed by atoms with Crippen molar-refractivity contribution in [3.63, 3.8) is 0 Å². The van der Waals surface area contributed by atoms with Crippen molar-refractivity contribution >= 4 is 17.8 Å². The van der Waals surface area contributed by atoms with E-state index in [0.29, 0.717) is 11.2 Å². The summed E-state index contributed by atoms with van der Waals surface area (Å²) in [5, 5.41) is 0.577. The summed E-state index contributed by atoms with van der Waals surface area (Å²) < 4.78 is 0. The van der Waals surface area contributed by atoms with Crippen LogP contribution in [-0.2, 0) is 0 Å². The second-order valence-corrected chi connectivity index (χ2v) is 5.77. The van der Waals surface area contributed by atoms with Gasteiger partial charge in [-0.2, -0.15) is 0 Å². The van der Waals surface area contributed by atoms with Crippen LogP contribution in [0.2, 0.25) is 0 Å². The lowest BCUT2D eigenvalue weighted by Gasteiger charge is -2.23. The average molecular weight is 236 g/mol. The van der Waals surface area contributed by atoms with Crippen molar-refractivity contribution in [3.8, 4) is 0 Å². The minimum atomic E-state index is 0.561. The first-order chi connectivity index (χ1) is 8.43. The van der Waals surface area contributed by atoms with E-state index in [-0.39, 0.29) is 0 Å². The molecule has 4 rings (SSSR count).